The third kappa shape index (κ3) is 1.83. The summed E-state index contributed by atoms with van der Waals surface area (Å²) in [6, 6.07) is 0.590. The Bertz CT molecular complexity index is 321. The van der Waals surface area contributed by atoms with Crippen molar-refractivity contribution in [2.75, 3.05) is 26.2 Å². The highest BCUT2D eigenvalue weighted by Gasteiger charge is 2.35. The fourth-order valence-electron chi connectivity index (χ4n) is 3.11. The van der Waals surface area contributed by atoms with Crippen LogP contribution in [0.1, 0.15) is 13.3 Å². The molecule has 88 valence electrons. The van der Waals surface area contributed by atoms with Gasteiger partial charge in [0.05, 0.1) is 6.04 Å². The summed E-state index contributed by atoms with van der Waals surface area (Å²) in [5.41, 5.74) is 5.14. The van der Waals surface area contributed by atoms with Crippen LogP contribution in [0.3, 0.4) is 0 Å². The monoisotopic (exact) mass is 219 g/mol. The molecule has 0 aliphatic carbocycles. The maximum absolute atomic E-state index is 3.53. The van der Waals surface area contributed by atoms with Crippen LogP contribution in [0.25, 0.3) is 0 Å². The minimum absolute atomic E-state index is 0.590. The van der Waals surface area contributed by atoms with E-state index < -0.39 is 0 Å². The van der Waals surface area contributed by atoms with E-state index in [0.29, 0.717) is 17.9 Å². The molecule has 3 heteroatoms. The second-order valence-corrected chi connectivity index (χ2v) is 5.22. The summed E-state index contributed by atoms with van der Waals surface area (Å²) in [7, 11) is 0. The molecule has 0 radical (unpaired) electrons. The number of nitrogens with zero attached hydrogens (tertiary/aromatic N) is 1. The van der Waals surface area contributed by atoms with Gasteiger partial charge in [0, 0.05) is 32.1 Å². The molecule has 3 atom stereocenters. The largest absolute Gasteiger partial charge is 0.312 e. The summed E-state index contributed by atoms with van der Waals surface area (Å²) in [6.45, 7) is 6.77. The van der Waals surface area contributed by atoms with Crippen molar-refractivity contribution in [2.24, 2.45) is 11.8 Å². The van der Waals surface area contributed by atoms with Crippen LogP contribution < -0.4 is 10.7 Å². The summed E-state index contributed by atoms with van der Waals surface area (Å²) in [4.78, 5) is 0. The highest BCUT2D eigenvalue weighted by atomic mass is 15.5. The summed E-state index contributed by atoms with van der Waals surface area (Å²) in [5.74, 6) is 1.36. The lowest BCUT2D eigenvalue weighted by Crippen LogP contribution is -2.40. The van der Waals surface area contributed by atoms with E-state index in [4.69, 9.17) is 0 Å². The molecule has 3 rings (SSSR count). The molecule has 0 bridgehead atoms. The van der Waals surface area contributed by atoms with Gasteiger partial charge in [0.2, 0.25) is 0 Å². The minimum atomic E-state index is 0.590. The van der Waals surface area contributed by atoms with Crippen LogP contribution in [0, 0.1) is 11.8 Å². The average Bonchev–Trinajstić information content (AvgIpc) is 2.72. The molecule has 3 nitrogen and oxygen atoms in total. The van der Waals surface area contributed by atoms with Gasteiger partial charge in [-0.05, 0) is 12.3 Å². The van der Waals surface area contributed by atoms with Crippen molar-refractivity contribution in [1.82, 2.24) is 15.8 Å². The topological polar surface area (TPSA) is 27.3 Å². The molecule has 0 aromatic carbocycles. The van der Waals surface area contributed by atoms with Crippen LogP contribution in [0.4, 0.5) is 0 Å². The van der Waals surface area contributed by atoms with E-state index in [1.807, 2.05) is 0 Å². The molecule has 3 aliphatic rings. The number of fused-ring (bicyclic) bond motifs is 1. The molecule has 0 aromatic rings. The normalized spacial score (nSPS) is 39.6. The van der Waals surface area contributed by atoms with Crippen molar-refractivity contribution in [3.05, 3.63) is 23.8 Å². The molecule has 3 heterocycles. The average molecular weight is 219 g/mol. The van der Waals surface area contributed by atoms with Crippen LogP contribution >= 0.6 is 0 Å². The lowest BCUT2D eigenvalue weighted by Gasteiger charge is -2.30. The first-order valence-corrected chi connectivity index (χ1v) is 6.43. The van der Waals surface area contributed by atoms with Gasteiger partial charge in [-0.25, -0.2) is 5.01 Å². The lowest BCUT2D eigenvalue weighted by atomic mass is 9.87. The van der Waals surface area contributed by atoms with Gasteiger partial charge in [-0.1, -0.05) is 30.7 Å². The Hall–Kier alpha value is -0.640. The zero-order valence-electron chi connectivity index (χ0n) is 9.95. The molecular formula is C13H21N3. The third-order valence-corrected chi connectivity index (χ3v) is 3.93. The Kier molecular flexibility index (Phi) is 2.84. The van der Waals surface area contributed by atoms with E-state index in [-0.39, 0.29) is 0 Å². The number of hydrogen-bond donors (Lipinski definition) is 2. The van der Waals surface area contributed by atoms with E-state index in [0.717, 1.165) is 26.2 Å². The van der Waals surface area contributed by atoms with Gasteiger partial charge >= 0.3 is 0 Å². The Morgan fingerprint density at radius 2 is 2.31 bits per heavy atom. The van der Waals surface area contributed by atoms with Crippen LogP contribution in [0.15, 0.2) is 23.8 Å². The molecule has 1 fully saturated rings. The van der Waals surface area contributed by atoms with Gasteiger partial charge in [-0.15, -0.1) is 0 Å². The highest BCUT2D eigenvalue weighted by Crippen LogP contribution is 2.28. The van der Waals surface area contributed by atoms with E-state index in [2.05, 4.69) is 40.9 Å². The van der Waals surface area contributed by atoms with Crippen LogP contribution in [-0.2, 0) is 0 Å². The lowest BCUT2D eigenvalue weighted by molar-refractivity contribution is 0.202. The van der Waals surface area contributed by atoms with Crippen molar-refractivity contribution in [3.8, 4) is 0 Å². The maximum Gasteiger partial charge on any atom is 0.0502 e. The zero-order chi connectivity index (χ0) is 11.0. The zero-order valence-corrected chi connectivity index (χ0v) is 9.95. The van der Waals surface area contributed by atoms with Crippen molar-refractivity contribution >= 4 is 0 Å². The third-order valence-electron chi connectivity index (χ3n) is 3.93. The van der Waals surface area contributed by atoms with Gasteiger partial charge in [-0.3, -0.25) is 5.43 Å². The first-order chi connectivity index (χ1) is 7.84. The first kappa shape index (κ1) is 10.5. The molecule has 0 spiro atoms. The van der Waals surface area contributed by atoms with Crippen LogP contribution in [0.5, 0.6) is 0 Å². The Labute approximate surface area is 97.6 Å². The number of nitrogens with one attached hydrogen (secondary N) is 2. The number of hydrogen-bond acceptors (Lipinski definition) is 3. The van der Waals surface area contributed by atoms with E-state index in [1.165, 1.54) is 6.42 Å². The van der Waals surface area contributed by atoms with Gasteiger partial charge in [0.25, 0.3) is 0 Å². The summed E-state index contributed by atoms with van der Waals surface area (Å²) in [6.07, 6.45) is 8.38. The van der Waals surface area contributed by atoms with E-state index >= 15 is 0 Å². The maximum atomic E-state index is 3.53. The predicted molar refractivity (Wildman–Crippen MR) is 65.9 cm³/mol. The van der Waals surface area contributed by atoms with E-state index in [9.17, 15) is 0 Å². The molecule has 3 aliphatic heterocycles. The Balaban J connectivity index is 1.79. The Morgan fingerprint density at radius 3 is 3.19 bits per heavy atom. The van der Waals surface area contributed by atoms with Crippen molar-refractivity contribution in [2.45, 2.75) is 19.4 Å². The first-order valence-electron chi connectivity index (χ1n) is 6.43. The second-order valence-electron chi connectivity index (χ2n) is 5.22. The molecule has 1 saturated heterocycles. The predicted octanol–water partition coefficient (Wildman–Crippen LogP) is 0.917. The fourth-order valence-corrected chi connectivity index (χ4v) is 3.11. The second kappa shape index (κ2) is 4.32. The Morgan fingerprint density at radius 1 is 1.38 bits per heavy atom. The molecule has 2 unspecified atom stereocenters. The van der Waals surface area contributed by atoms with Crippen molar-refractivity contribution in [3.63, 3.8) is 0 Å². The number of hydrazine groups is 1. The standard InChI is InChI=1S/C13H21N3/c1-10-6-11(8-14-7-10)12-9-15-16-5-3-2-4-13(12)16/h2,4,6,10,12-15H,3,5,7-9H2,1H3/t10-,12?,13?/m0/s1. The van der Waals surface area contributed by atoms with Gasteiger partial charge in [0.15, 0.2) is 0 Å². The van der Waals surface area contributed by atoms with Crippen LogP contribution in [-0.4, -0.2) is 37.2 Å². The molecule has 16 heavy (non-hydrogen) atoms. The van der Waals surface area contributed by atoms with Crippen molar-refractivity contribution < 1.29 is 0 Å². The molecule has 2 N–H and O–H groups in total. The minimum Gasteiger partial charge on any atom is -0.312 e. The van der Waals surface area contributed by atoms with Gasteiger partial charge in [0.1, 0.15) is 0 Å². The SMILES string of the molecule is C[C@H]1C=C(C2CNN3CCC=CC23)CNC1. The molecular weight excluding hydrogens is 198 g/mol. The number of rotatable bonds is 1. The quantitative estimate of drug-likeness (QED) is 0.642. The van der Waals surface area contributed by atoms with E-state index in [1.54, 1.807) is 5.57 Å². The molecule has 0 amide bonds. The van der Waals surface area contributed by atoms with Gasteiger partial charge < -0.3 is 5.32 Å². The van der Waals surface area contributed by atoms with Crippen molar-refractivity contribution in [1.29, 1.82) is 0 Å². The summed E-state index contributed by atoms with van der Waals surface area (Å²) in [5, 5.41) is 5.93. The van der Waals surface area contributed by atoms with Crippen LogP contribution in [0.2, 0.25) is 0 Å². The molecule has 0 saturated carbocycles. The van der Waals surface area contributed by atoms with Gasteiger partial charge in [-0.2, -0.15) is 0 Å². The molecule has 0 aromatic heterocycles. The summed E-state index contributed by atoms with van der Waals surface area (Å²) >= 11 is 0. The highest BCUT2D eigenvalue weighted by molar-refractivity contribution is 5.21. The fraction of sp³-hybridized carbons (Fsp3) is 0.692. The summed E-state index contributed by atoms with van der Waals surface area (Å²) < 4.78 is 0. The smallest absolute Gasteiger partial charge is 0.0502 e.